The lowest BCUT2D eigenvalue weighted by molar-refractivity contribution is 0.0741. The summed E-state index contributed by atoms with van der Waals surface area (Å²) in [6, 6.07) is 0. The lowest BCUT2D eigenvalue weighted by Crippen LogP contribution is -2.41. The maximum Gasteiger partial charge on any atom is 0.473 e. The highest BCUT2D eigenvalue weighted by Gasteiger charge is 2.36. The predicted molar refractivity (Wildman–Crippen MR) is 53.2 cm³/mol. The summed E-state index contributed by atoms with van der Waals surface area (Å²) in [7, 11) is -8.47. The van der Waals surface area contributed by atoms with Crippen LogP contribution in [0.2, 0.25) is 0 Å². The fourth-order valence-electron chi connectivity index (χ4n) is 0.829. The Morgan fingerprint density at radius 2 is 1.88 bits per heavy atom. The summed E-state index contributed by atoms with van der Waals surface area (Å²) in [5.74, 6) is -1.00. The van der Waals surface area contributed by atoms with Gasteiger partial charge in [-0.2, -0.15) is 0 Å². The van der Waals surface area contributed by atoms with Gasteiger partial charge >= 0.3 is 15.6 Å². The Hall–Kier alpha value is -0.470. The molecule has 0 spiro atoms. The highest BCUT2D eigenvalue weighted by molar-refractivity contribution is 7.50. The van der Waals surface area contributed by atoms with Gasteiger partial charge in [0.15, 0.2) is 12.2 Å². The first-order valence-electron chi connectivity index (χ1n) is 3.77. The summed E-state index contributed by atoms with van der Waals surface area (Å²) in [5, 5.41) is 6.92. The van der Waals surface area contributed by atoms with Crippen LogP contribution >= 0.6 is 15.6 Å². The van der Waals surface area contributed by atoms with E-state index in [1.54, 1.807) is 0 Å². The molecule has 2 atom stereocenters. The van der Waals surface area contributed by atoms with Crippen LogP contribution in [-0.4, -0.2) is 38.6 Å². The van der Waals surface area contributed by atoms with E-state index in [4.69, 9.17) is 25.8 Å². The lowest BCUT2D eigenvalue weighted by atomic mass is 10.6. The molecule has 96 valence electrons. The summed E-state index contributed by atoms with van der Waals surface area (Å²) in [5.41, 5.74) is 4.91. The molecule has 0 fully saturated rings. The molecule has 6 N–H and O–H groups in total. The normalized spacial score (nSPS) is 17.6. The SMILES string of the molecule is COP(=O)(O)OC(C)N(C(=N)N)P(=O)(O)O. The van der Waals surface area contributed by atoms with Gasteiger partial charge in [-0.1, -0.05) is 0 Å². The number of nitrogens with zero attached hydrogens (tertiary/aromatic N) is 1. The Morgan fingerprint density at radius 3 is 2.12 bits per heavy atom. The van der Waals surface area contributed by atoms with Gasteiger partial charge in [-0.3, -0.25) is 14.5 Å². The predicted octanol–water partition coefficient (Wildman–Crippen LogP) is -0.616. The summed E-state index contributed by atoms with van der Waals surface area (Å²) in [6.07, 6.45) is -1.60. The number of nitrogens with two attached hydrogens (primary N) is 1. The Balaban J connectivity index is 4.93. The van der Waals surface area contributed by atoms with Crippen molar-refractivity contribution in [1.82, 2.24) is 4.67 Å². The second kappa shape index (κ2) is 5.24. The molecule has 0 saturated carbocycles. The zero-order valence-corrected chi connectivity index (χ0v) is 10.3. The minimum atomic E-state index is -4.91. The molecule has 0 aliphatic heterocycles. The number of phosphoric acid groups is 1. The molecule has 0 bridgehead atoms. The molecule has 0 saturated heterocycles. The van der Waals surface area contributed by atoms with E-state index >= 15 is 0 Å². The van der Waals surface area contributed by atoms with E-state index in [0.717, 1.165) is 14.0 Å². The van der Waals surface area contributed by atoms with E-state index in [1.807, 2.05) is 0 Å². The monoisotopic (exact) mass is 277 g/mol. The quantitative estimate of drug-likeness (QED) is 0.190. The minimum Gasteiger partial charge on any atom is -0.370 e. The third-order valence-electron chi connectivity index (χ3n) is 1.39. The van der Waals surface area contributed by atoms with E-state index in [1.165, 1.54) is 0 Å². The number of phosphoric ester groups is 1. The Kier molecular flexibility index (Phi) is 5.09. The third kappa shape index (κ3) is 4.58. The largest absolute Gasteiger partial charge is 0.473 e. The molecular formula is C4H13N3O7P2. The number of hydrogen-bond donors (Lipinski definition) is 5. The van der Waals surface area contributed by atoms with Crippen molar-refractivity contribution in [3.63, 3.8) is 0 Å². The van der Waals surface area contributed by atoms with Crippen molar-refractivity contribution in [1.29, 1.82) is 5.41 Å². The van der Waals surface area contributed by atoms with E-state index in [9.17, 15) is 9.13 Å². The molecule has 0 aromatic heterocycles. The van der Waals surface area contributed by atoms with Crippen LogP contribution in [0.15, 0.2) is 0 Å². The van der Waals surface area contributed by atoms with E-state index < -0.39 is 27.8 Å². The fraction of sp³-hybridized carbons (Fsp3) is 0.750. The van der Waals surface area contributed by atoms with Gasteiger partial charge in [-0.15, -0.1) is 0 Å². The van der Waals surface area contributed by atoms with Gasteiger partial charge in [-0.05, 0) is 6.92 Å². The Labute approximate surface area is 91.3 Å². The number of hydrogen-bond acceptors (Lipinski definition) is 5. The van der Waals surface area contributed by atoms with Crippen LogP contribution in [0.3, 0.4) is 0 Å². The van der Waals surface area contributed by atoms with Crippen molar-refractivity contribution >= 4 is 21.5 Å². The second-order valence-corrected chi connectivity index (χ2v) is 5.57. The van der Waals surface area contributed by atoms with Crippen molar-refractivity contribution in [3.05, 3.63) is 0 Å². The van der Waals surface area contributed by atoms with Crippen LogP contribution in [0.5, 0.6) is 0 Å². The first-order chi connectivity index (χ1) is 7.01. The molecule has 0 aliphatic carbocycles. The van der Waals surface area contributed by atoms with Crippen LogP contribution in [0.25, 0.3) is 0 Å². The molecule has 0 radical (unpaired) electrons. The van der Waals surface area contributed by atoms with Crippen molar-refractivity contribution in [2.24, 2.45) is 5.73 Å². The molecular weight excluding hydrogens is 264 g/mol. The van der Waals surface area contributed by atoms with Gasteiger partial charge in [0.05, 0.1) is 0 Å². The smallest absolute Gasteiger partial charge is 0.370 e. The Bertz CT molecular complexity index is 354. The summed E-state index contributed by atoms with van der Waals surface area (Å²) in [4.78, 5) is 26.5. The minimum absolute atomic E-state index is 0.0366. The maximum absolute atomic E-state index is 11.0. The number of guanidine groups is 1. The zero-order valence-electron chi connectivity index (χ0n) is 8.47. The molecule has 10 nitrogen and oxygen atoms in total. The lowest BCUT2D eigenvalue weighted by Gasteiger charge is -2.29. The number of rotatable bonds is 5. The van der Waals surface area contributed by atoms with Crippen LogP contribution in [-0.2, 0) is 18.2 Å². The van der Waals surface area contributed by atoms with E-state index in [-0.39, 0.29) is 4.67 Å². The van der Waals surface area contributed by atoms with Gasteiger partial charge in [0.25, 0.3) is 0 Å². The summed E-state index contributed by atoms with van der Waals surface area (Å²) in [6.45, 7) is 1.03. The molecule has 0 amide bonds. The summed E-state index contributed by atoms with van der Waals surface area (Å²) >= 11 is 0. The van der Waals surface area contributed by atoms with Gasteiger partial charge in [0.2, 0.25) is 0 Å². The summed E-state index contributed by atoms with van der Waals surface area (Å²) < 4.78 is 30.3. The molecule has 0 aromatic rings. The van der Waals surface area contributed by atoms with E-state index in [2.05, 4.69) is 9.05 Å². The first-order valence-corrected chi connectivity index (χ1v) is 6.83. The molecule has 0 heterocycles. The maximum atomic E-state index is 11.0. The van der Waals surface area contributed by atoms with Gasteiger partial charge in [0.1, 0.15) is 0 Å². The number of nitrogens with one attached hydrogen (secondary N) is 1. The standard InChI is InChI=1S/C4H13N3O7P2/c1-3(14-16(11,12)13-2)7(4(5)6)15(8,9)10/h3H,1-2H3,(H3,5,6)(H,11,12)(H2,8,9,10). The van der Waals surface area contributed by atoms with Crippen LogP contribution < -0.4 is 5.73 Å². The molecule has 0 rings (SSSR count). The van der Waals surface area contributed by atoms with Crippen LogP contribution in [0, 0.1) is 5.41 Å². The second-order valence-electron chi connectivity index (χ2n) is 2.60. The van der Waals surface area contributed by atoms with Gasteiger partial charge < -0.3 is 20.4 Å². The topological polar surface area (TPSA) is 166 Å². The zero-order chi connectivity index (χ0) is 13.1. The average Bonchev–Trinajstić information content (AvgIpc) is 1.99. The van der Waals surface area contributed by atoms with E-state index in [0.29, 0.717) is 0 Å². The van der Waals surface area contributed by atoms with Crippen molar-refractivity contribution in [2.75, 3.05) is 7.11 Å². The fourth-order valence-corrected chi connectivity index (χ4v) is 2.22. The highest BCUT2D eigenvalue weighted by Crippen LogP contribution is 2.48. The Morgan fingerprint density at radius 1 is 1.44 bits per heavy atom. The van der Waals surface area contributed by atoms with Crippen molar-refractivity contribution < 1.29 is 32.9 Å². The third-order valence-corrected chi connectivity index (χ3v) is 3.52. The van der Waals surface area contributed by atoms with Gasteiger partial charge in [-0.25, -0.2) is 13.8 Å². The van der Waals surface area contributed by atoms with Crippen LogP contribution in [0.4, 0.5) is 0 Å². The highest BCUT2D eigenvalue weighted by atomic mass is 31.2. The molecule has 12 heteroatoms. The average molecular weight is 277 g/mol. The van der Waals surface area contributed by atoms with Crippen molar-refractivity contribution in [2.45, 2.75) is 13.2 Å². The molecule has 2 unspecified atom stereocenters. The molecule has 0 aromatic carbocycles. The molecule has 16 heavy (non-hydrogen) atoms. The molecule has 0 aliphatic rings. The van der Waals surface area contributed by atoms with Crippen molar-refractivity contribution in [3.8, 4) is 0 Å². The van der Waals surface area contributed by atoms with Gasteiger partial charge in [0, 0.05) is 7.11 Å². The first kappa shape index (κ1) is 15.5. The van der Waals surface area contributed by atoms with Crippen LogP contribution in [0.1, 0.15) is 6.92 Å².